The molecular formula is C8H14O2. The number of hydrogen-bond acceptors (Lipinski definition) is 2. The Morgan fingerprint density at radius 2 is 1.90 bits per heavy atom. The number of carbonyl (C=O) groups excluding carboxylic acids is 1. The van der Waals surface area contributed by atoms with Gasteiger partial charge in [0.25, 0.3) is 0 Å². The number of methoxy groups -OCH3 is 1. The number of rotatable bonds is 3. The molecule has 0 aromatic carbocycles. The molecule has 0 aliphatic rings. The molecule has 0 amide bonds. The Bertz CT molecular complexity index is 157. The number of ether oxygens (including phenoxy) is 1. The molecule has 0 spiro atoms. The van der Waals surface area contributed by atoms with E-state index in [1.807, 2.05) is 6.92 Å². The molecule has 0 aromatic rings. The summed E-state index contributed by atoms with van der Waals surface area (Å²) in [5, 5.41) is 0. The second-order valence-electron chi connectivity index (χ2n) is 2.15. The first-order valence-electron chi connectivity index (χ1n) is 3.38. The smallest absolute Gasteiger partial charge is 0.159 e. The van der Waals surface area contributed by atoms with Gasteiger partial charge in [-0.3, -0.25) is 4.79 Å². The lowest BCUT2D eigenvalue weighted by Gasteiger charge is -2.04. The van der Waals surface area contributed by atoms with E-state index < -0.39 is 0 Å². The fourth-order valence-electron chi connectivity index (χ4n) is 0.869. The largest absolute Gasteiger partial charge is 0.501 e. The Balaban J connectivity index is 4.45. The molecule has 0 aliphatic heterocycles. The van der Waals surface area contributed by atoms with Crippen molar-refractivity contribution in [2.75, 3.05) is 7.11 Å². The minimum Gasteiger partial charge on any atom is -0.501 e. The maximum Gasteiger partial charge on any atom is 0.159 e. The molecule has 0 saturated carbocycles. The van der Waals surface area contributed by atoms with Gasteiger partial charge in [-0.25, -0.2) is 0 Å². The Morgan fingerprint density at radius 1 is 1.40 bits per heavy atom. The van der Waals surface area contributed by atoms with Crippen molar-refractivity contribution < 1.29 is 9.53 Å². The van der Waals surface area contributed by atoms with Crippen LogP contribution in [0.15, 0.2) is 11.3 Å². The molecule has 2 nitrogen and oxygen atoms in total. The maximum atomic E-state index is 10.8. The standard InChI is InChI=1S/C8H14O2/c1-5-8(6(2)9)7(3)10-4/h5H2,1-4H3/b8-7-. The molecule has 0 atom stereocenters. The maximum absolute atomic E-state index is 10.8. The van der Waals surface area contributed by atoms with Crippen molar-refractivity contribution in [2.24, 2.45) is 0 Å². The molecule has 0 heterocycles. The fourth-order valence-corrected chi connectivity index (χ4v) is 0.869. The molecule has 0 radical (unpaired) electrons. The van der Waals surface area contributed by atoms with Crippen LogP contribution in [-0.4, -0.2) is 12.9 Å². The summed E-state index contributed by atoms with van der Waals surface area (Å²) in [4.78, 5) is 10.8. The van der Waals surface area contributed by atoms with Gasteiger partial charge in [-0.15, -0.1) is 0 Å². The van der Waals surface area contributed by atoms with Gasteiger partial charge in [0.1, 0.15) is 0 Å². The molecule has 2 heteroatoms. The van der Waals surface area contributed by atoms with Gasteiger partial charge in [0.2, 0.25) is 0 Å². The first kappa shape index (κ1) is 9.21. The summed E-state index contributed by atoms with van der Waals surface area (Å²) >= 11 is 0. The van der Waals surface area contributed by atoms with Crippen LogP contribution in [0.3, 0.4) is 0 Å². The highest BCUT2D eigenvalue weighted by atomic mass is 16.5. The van der Waals surface area contributed by atoms with E-state index >= 15 is 0 Å². The second-order valence-corrected chi connectivity index (χ2v) is 2.15. The van der Waals surface area contributed by atoms with Crippen LogP contribution in [0.4, 0.5) is 0 Å². The quantitative estimate of drug-likeness (QED) is 0.444. The Hall–Kier alpha value is -0.790. The third kappa shape index (κ3) is 2.21. The third-order valence-electron chi connectivity index (χ3n) is 1.51. The average Bonchev–Trinajstić information content (AvgIpc) is 1.88. The Labute approximate surface area is 61.9 Å². The van der Waals surface area contributed by atoms with Gasteiger partial charge in [0, 0.05) is 5.57 Å². The average molecular weight is 142 g/mol. The van der Waals surface area contributed by atoms with Crippen LogP contribution < -0.4 is 0 Å². The molecule has 0 bridgehead atoms. The number of Topliss-reactive ketones (excluding diaryl/α,β-unsaturated/α-hetero) is 1. The van der Waals surface area contributed by atoms with Crippen molar-refractivity contribution in [3.05, 3.63) is 11.3 Å². The minimum atomic E-state index is 0.0989. The number of hydrogen-bond donors (Lipinski definition) is 0. The molecule has 0 saturated heterocycles. The highest BCUT2D eigenvalue weighted by Crippen LogP contribution is 2.09. The van der Waals surface area contributed by atoms with Crippen LogP contribution in [-0.2, 0) is 9.53 Å². The van der Waals surface area contributed by atoms with Gasteiger partial charge in [0.15, 0.2) is 5.78 Å². The molecule has 10 heavy (non-hydrogen) atoms. The fraction of sp³-hybridized carbons (Fsp3) is 0.625. The Morgan fingerprint density at radius 3 is 2.00 bits per heavy atom. The molecule has 0 N–H and O–H groups in total. The summed E-state index contributed by atoms with van der Waals surface area (Å²) in [5.41, 5.74) is 0.780. The molecule has 0 unspecified atom stereocenters. The highest BCUT2D eigenvalue weighted by Gasteiger charge is 2.04. The van der Waals surface area contributed by atoms with Gasteiger partial charge in [-0.05, 0) is 20.3 Å². The SMILES string of the molecule is CC/C(C(C)=O)=C(\C)OC. The summed E-state index contributed by atoms with van der Waals surface area (Å²) in [6, 6.07) is 0. The summed E-state index contributed by atoms with van der Waals surface area (Å²) in [6.07, 6.45) is 0.745. The van der Waals surface area contributed by atoms with E-state index in [1.165, 1.54) is 0 Å². The molecule has 0 aromatic heterocycles. The van der Waals surface area contributed by atoms with E-state index in [4.69, 9.17) is 4.74 Å². The van der Waals surface area contributed by atoms with E-state index in [0.717, 1.165) is 17.8 Å². The van der Waals surface area contributed by atoms with Gasteiger partial charge in [-0.2, -0.15) is 0 Å². The zero-order valence-corrected chi connectivity index (χ0v) is 7.02. The second kappa shape index (κ2) is 4.09. The molecule has 58 valence electrons. The van der Waals surface area contributed by atoms with Crippen molar-refractivity contribution >= 4 is 5.78 Å². The monoisotopic (exact) mass is 142 g/mol. The summed E-state index contributed by atoms with van der Waals surface area (Å²) < 4.78 is 4.92. The summed E-state index contributed by atoms with van der Waals surface area (Å²) in [5.74, 6) is 0.830. The van der Waals surface area contributed by atoms with Gasteiger partial charge < -0.3 is 4.74 Å². The number of ketones is 1. The van der Waals surface area contributed by atoms with Gasteiger partial charge >= 0.3 is 0 Å². The first-order chi connectivity index (χ1) is 4.63. The van der Waals surface area contributed by atoms with Crippen molar-refractivity contribution in [1.82, 2.24) is 0 Å². The molecule has 0 rings (SSSR count). The predicted molar refractivity (Wildman–Crippen MR) is 40.7 cm³/mol. The lowest BCUT2D eigenvalue weighted by atomic mass is 10.1. The van der Waals surface area contributed by atoms with Crippen molar-refractivity contribution in [2.45, 2.75) is 27.2 Å². The minimum absolute atomic E-state index is 0.0989. The van der Waals surface area contributed by atoms with Crippen LogP contribution in [0.5, 0.6) is 0 Å². The van der Waals surface area contributed by atoms with Crippen LogP contribution >= 0.6 is 0 Å². The Kier molecular flexibility index (Phi) is 3.77. The zero-order valence-electron chi connectivity index (χ0n) is 7.02. The van der Waals surface area contributed by atoms with E-state index in [-0.39, 0.29) is 5.78 Å². The number of allylic oxidation sites excluding steroid dienone is 2. The van der Waals surface area contributed by atoms with Crippen LogP contribution in [0, 0.1) is 0 Å². The predicted octanol–water partition coefficient (Wildman–Crippen LogP) is 1.91. The molecular weight excluding hydrogens is 128 g/mol. The number of carbonyl (C=O) groups is 1. The van der Waals surface area contributed by atoms with Crippen LogP contribution in [0.2, 0.25) is 0 Å². The lowest BCUT2D eigenvalue weighted by Crippen LogP contribution is -1.99. The zero-order chi connectivity index (χ0) is 8.15. The topological polar surface area (TPSA) is 26.3 Å². The highest BCUT2D eigenvalue weighted by molar-refractivity contribution is 5.93. The van der Waals surface area contributed by atoms with Crippen molar-refractivity contribution in [1.29, 1.82) is 0 Å². The molecule has 0 aliphatic carbocycles. The van der Waals surface area contributed by atoms with Crippen molar-refractivity contribution in [3.8, 4) is 0 Å². The van der Waals surface area contributed by atoms with Gasteiger partial charge in [0.05, 0.1) is 12.9 Å². The summed E-state index contributed by atoms with van der Waals surface area (Å²) in [7, 11) is 1.58. The lowest BCUT2D eigenvalue weighted by molar-refractivity contribution is -0.113. The first-order valence-corrected chi connectivity index (χ1v) is 3.38. The van der Waals surface area contributed by atoms with E-state index in [1.54, 1.807) is 21.0 Å². The summed E-state index contributed by atoms with van der Waals surface area (Å²) in [6.45, 7) is 5.31. The third-order valence-corrected chi connectivity index (χ3v) is 1.51. The van der Waals surface area contributed by atoms with E-state index in [9.17, 15) is 4.79 Å². The van der Waals surface area contributed by atoms with E-state index in [0.29, 0.717) is 0 Å². The van der Waals surface area contributed by atoms with Crippen molar-refractivity contribution in [3.63, 3.8) is 0 Å². The molecule has 0 fully saturated rings. The van der Waals surface area contributed by atoms with E-state index in [2.05, 4.69) is 0 Å². The van der Waals surface area contributed by atoms with Crippen LogP contribution in [0.25, 0.3) is 0 Å². The van der Waals surface area contributed by atoms with Crippen LogP contribution in [0.1, 0.15) is 27.2 Å². The normalized spacial score (nSPS) is 12.4. The van der Waals surface area contributed by atoms with Gasteiger partial charge in [-0.1, -0.05) is 6.92 Å².